The summed E-state index contributed by atoms with van der Waals surface area (Å²) in [5, 5.41) is -0.440. The molecule has 1 heterocycles. The molecule has 0 aliphatic carbocycles. The maximum absolute atomic E-state index is 11.7. The summed E-state index contributed by atoms with van der Waals surface area (Å²) >= 11 is 5.76. The molecule has 0 unspecified atom stereocenters. The Hall–Kier alpha value is -1.87. The predicted octanol–water partition coefficient (Wildman–Crippen LogP) is 5.58. The van der Waals surface area contributed by atoms with E-state index >= 15 is 0 Å². The topological polar surface area (TPSA) is 38.7 Å². The molecule has 0 saturated heterocycles. The normalized spacial score (nSPS) is 20.1. The number of halogens is 1. The minimum absolute atomic E-state index is 0.323. The van der Waals surface area contributed by atoms with Crippen LogP contribution in [0.3, 0.4) is 0 Å². The summed E-state index contributed by atoms with van der Waals surface area (Å²) < 4.78 is 5.93. The average Bonchev–Trinajstić information content (AvgIpc) is 2.56. The number of benzene rings is 1. The molecule has 0 saturated carbocycles. The minimum Gasteiger partial charge on any atom is -0.476 e. The molecule has 1 aromatic rings. The smallest absolute Gasteiger partial charge is 0.252 e. The SMILES string of the molecule is CCCCc1cccc(C(=O)Cl)c1CO/C1=N/C=C\C=C(\C)CC1. The second kappa shape index (κ2) is 9.43. The lowest BCUT2D eigenvalue weighted by molar-refractivity contribution is 0.107. The van der Waals surface area contributed by atoms with Crippen molar-refractivity contribution in [1.29, 1.82) is 0 Å². The average molecular weight is 346 g/mol. The first-order valence-corrected chi connectivity index (χ1v) is 8.82. The molecular formula is C20H24ClNO2. The molecule has 24 heavy (non-hydrogen) atoms. The van der Waals surface area contributed by atoms with Crippen molar-refractivity contribution in [3.63, 3.8) is 0 Å². The van der Waals surface area contributed by atoms with Crippen molar-refractivity contribution >= 4 is 22.7 Å². The highest BCUT2D eigenvalue weighted by molar-refractivity contribution is 6.67. The first-order chi connectivity index (χ1) is 11.6. The number of rotatable bonds is 6. The number of aliphatic imine (C=N–C) groups is 1. The van der Waals surface area contributed by atoms with Crippen molar-refractivity contribution in [2.75, 3.05) is 0 Å². The van der Waals surface area contributed by atoms with E-state index in [2.05, 4.69) is 24.9 Å². The third-order valence-corrected chi connectivity index (χ3v) is 4.29. The third kappa shape index (κ3) is 5.34. The van der Waals surface area contributed by atoms with Crippen LogP contribution >= 0.6 is 11.6 Å². The number of carbonyl (C=O) groups excluding carboxylic acids is 1. The summed E-state index contributed by atoms with van der Waals surface area (Å²) in [6.45, 7) is 4.57. The van der Waals surface area contributed by atoms with Crippen molar-refractivity contribution in [3.8, 4) is 0 Å². The second-order valence-corrected chi connectivity index (χ2v) is 6.33. The van der Waals surface area contributed by atoms with Gasteiger partial charge in [-0.1, -0.05) is 37.1 Å². The zero-order valence-corrected chi connectivity index (χ0v) is 15.1. The number of hydrogen-bond donors (Lipinski definition) is 0. The Balaban J connectivity index is 2.17. The summed E-state index contributed by atoms with van der Waals surface area (Å²) in [7, 11) is 0. The van der Waals surface area contributed by atoms with Crippen molar-refractivity contribution in [3.05, 3.63) is 58.8 Å². The Kier molecular flexibility index (Phi) is 7.26. The maximum atomic E-state index is 11.7. The van der Waals surface area contributed by atoms with Gasteiger partial charge in [-0.25, -0.2) is 4.99 Å². The van der Waals surface area contributed by atoms with Crippen LogP contribution in [-0.2, 0) is 17.8 Å². The molecule has 0 spiro atoms. The second-order valence-electron chi connectivity index (χ2n) is 5.99. The van der Waals surface area contributed by atoms with Crippen LogP contribution in [-0.4, -0.2) is 11.1 Å². The van der Waals surface area contributed by atoms with Crippen LogP contribution in [0.1, 0.15) is 61.0 Å². The molecule has 1 aromatic carbocycles. The van der Waals surface area contributed by atoms with Gasteiger partial charge in [0.15, 0.2) is 5.90 Å². The fourth-order valence-corrected chi connectivity index (χ4v) is 2.82. The van der Waals surface area contributed by atoms with Crippen LogP contribution in [0.5, 0.6) is 0 Å². The van der Waals surface area contributed by atoms with Crippen LogP contribution in [0.4, 0.5) is 0 Å². The molecule has 1 aliphatic heterocycles. The van der Waals surface area contributed by atoms with Crippen LogP contribution in [0.2, 0.25) is 0 Å². The molecule has 128 valence electrons. The third-order valence-electron chi connectivity index (χ3n) is 4.09. The number of ether oxygens (including phenoxy) is 1. The number of hydrogen-bond acceptors (Lipinski definition) is 3. The van der Waals surface area contributed by atoms with Gasteiger partial charge in [0.1, 0.15) is 6.61 Å². The summed E-state index contributed by atoms with van der Waals surface area (Å²) in [6, 6.07) is 5.69. The molecule has 4 heteroatoms. The van der Waals surface area contributed by atoms with E-state index in [1.807, 2.05) is 18.2 Å². The summed E-state index contributed by atoms with van der Waals surface area (Å²) in [5.41, 5.74) is 3.83. The van der Waals surface area contributed by atoms with E-state index < -0.39 is 5.24 Å². The fourth-order valence-electron chi connectivity index (χ4n) is 2.64. The Morgan fingerprint density at radius 3 is 2.92 bits per heavy atom. The Morgan fingerprint density at radius 2 is 2.17 bits per heavy atom. The molecule has 2 rings (SSSR count). The number of nitrogens with zero attached hydrogens (tertiary/aromatic N) is 1. The van der Waals surface area contributed by atoms with Crippen molar-refractivity contribution < 1.29 is 9.53 Å². The molecular weight excluding hydrogens is 322 g/mol. The lowest BCUT2D eigenvalue weighted by atomic mass is 9.98. The fraction of sp³-hybridized carbons (Fsp3) is 0.400. The lowest BCUT2D eigenvalue weighted by Crippen LogP contribution is -2.10. The van der Waals surface area contributed by atoms with Crippen LogP contribution in [0.15, 0.2) is 47.1 Å². The molecule has 1 aliphatic rings. The molecule has 0 amide bonds. The van der Waals surface area contributed by atoms with Gasteiger partial charge in [-0.05, 0) is 55.5 Å². The highest BCUT2D eigenvalue weighted by atomic mass is 35.5. The molecule has 0 radical (unpaired) electrons. The van der Waals surface area contributed by atoms with Gasteiger partial charge in [-0.15, -0.1) is 0 Å². The van der Waals surface area contributed by atoms with E-state index in [4.69, 9.17) is 16.3 Å². The van der Waals surface area contributed by atoms with Gasteiger partial charge in [0.2, 0.25) is 0 Å². The minimum atomic E-state index is -0.440. The highest BCUT2D eigenvalue weighted by Crippen LogP contribution is 2.21. The monoisotopic (exact) mass is 345 g/mol. The summed E-state index contributed by atoms with van der Waals surface area (Å²) in [4.78, 5) is 16.1. The molecule has 0 bridgehead atoms. The number of unbranched alkanes of at least 4 members (excludes halogenated alkanes) is 1. The van der Waals surface area contributed by atoms with E-state index in [1.54, 1.807) is 12.3 Å². The number of aryl methyl sites for hydroxylation is 1. The predicted molar refractivity (Wildman–Crippen MR) is 99.6 cm³/mol. The Morgan fingerprint density at radius 1 is 1.33 bits per heavy atom. The number of allylic oxidation sites excluding steroid dienone is 3. The van der Waals surface area contributed by atoms with E-state index in [9.17, 15) is 4.79 Å². The largest absolute Gasteiger partial charge is 0.476 e. The van der Waals surface area contributed by atoms with Crippen molar-refractivity contribution in [2.45, 2.75) is 52.6 Å². The molecule has 0 aromatic heterocycles. The molecule has 3 nitrogen and oxygen atoms in total. The molecule has 0 fully saturated rings. The maximum Gasteiger partial charge on any atom is 0.252 e. The first-order valence-electron chi connectivity index (χ1n) is 8.44. The summed E-state index contributed by atoms with van der Waals surface area (Å²) in [5.74, 6) is 0.692. The van der Waals surface area contributed by atoms with E-state index in [0.29, 0.717) is 18.1 Å². The molecule has 0 N–H and O–H groups in total. The van der Waals surface area contributed by atoms with Crippen LogP contribution in [0, 0.1) is 0 Å². The van der Waals surface area contributed by atoms with E-state index in [1.165, 1.54) is 5.57 Å². The van der Waals surface area contributed by atoms with Gasteiger partial charge in [0.05, 0.1) is 0 Å². The van der Waals surface area contributed by atoms with Crippen LogP contribution in [0.25, 0.3) is 0 Å². The zero-order chi connectivity index (χ0) is 17.4. The van der Waals surface area contributed by atoms with Gasteiger partial charge in [-0.3, -0.25) is 4.79 Å². The van der Waals surface area contributed by atoms with Gasteiger partial charge in [0.25, 0.3) is 5.24 Å². The van der Waals surface area contributed by atoms with E-state index in [0.717, 1.165) is 43.2 Å². The highest BCUT2D eigenvalue weighted by Gasteiger charge is 2.14. The van der Waals surface area contributed by atoms with E-state index in [-0.39, 0.29) is 0 Å². The van der Waals surface area contributed by atoms with Crippen molar-refractivity contribution in [2.24, 2.45) is 4.99 Å². The van der Waals surface area contributed by atoms with Gasteiger partial charge >= 0.3 is 0 Å². The van der Waals surface area contributed by atoms with Gasteiger partial charge in [0, 0.05) is 23.7 Å². The Labute approximate surface area is 149 Å². The number of carbonyl (C=O) groups is 1. The Bertz CT molecular complexity index is 674. The van der Waals surface area contributed by atoms with Gasteiger partial charge in [-0.2, -0.15) is 0 Å². The summed E-state index contributed by atoms with van der Waals surface area (Å²) in [6.07, 6.45) is 10.5. The zero-order valence-electron chi connectivity index (χ0n) is 14.3. The quantitative estimate of drug-likeness (QED) is 0.631. The molecule has 0 atom stereocenters. The standard InChI is InChI=1S/C20H24ClNO2/c1-3-4-8-16-9-5-10-17(20(21)23)18(16)14-24-19-12-11-15(2)7-6-13-22-19/h5-7,9-10,13H,3-4,8,11-12,14H2,1-2H3/b13-6-,15-7-,22-19+. The van der Waals surface area contributed by atoms with Gasteiger partial charge < -0.3 is 4.74 Å². The van der Waals surface area contributed by atoms with Crippen molar-refractivity contribution in [1.82, 2.24) is 0 Å². The van der Waals surface area contributed by atoms with Crippen LogP contribution < -0.4 is 0 Å². The first kappa shape index (κ1) is 18.5. The lowest BCUT2D eigenvalue weighted by Gasteiger charge is -2.15.